The molecule has 0 spiro atoms. The molecule has 6 heteroatoms. The predicted molar refractivity (Wildman–Crippen MR) is 91.7 cm³/mol. The zero-order chi connectivity index (χ0) is 16.6. The average Bonchev–Trinajstić information content (AvgIpc) is 2.98. The first-order chi connectivity index (χ1) is 11.0. The van der Waals surface area contributed by atoms with Crippen molar-refractivity contribution in [1.29, 1.82) is 0 Å². The summed E-state index contributed by atoms with van der Waals surface area (Å²) in [6.45, 7) is 2.23. The summed E-state index contributed by atoms with van der Waals surface area (Å²) < 4.78 is 0. The standard InChI is InChI=1S/C17H19N3O2S/c1-11-8-9-23-15(11)16-19(3)17(22)12-6-4-5-7-13(12)20(16)10-14(21)18-2/h4-9,16H,10H2,1-3H3,(H,18,21). The van der Waals surface area contributed by atoms with Gasteiger partial charge in [-0.15, -0.1) is 11.3 Å². The van der Waals surface area contributed by atoms with Gasteiger partial charge in [-0.3, -0.25) is 9.59 Å². The van der Waals surface area contributed by atoms with E-state index in [1.54, 1.807) is 30.3 Å². The van der Waals surface area contributed by atoms with Gasteiger partial charge in [0.2, 0.25) is 5.91 Å². The van der Waals surface area contributed by atoms with Crippen molar-refractivity contribution in [3.05, 3.63) is 51.7 Å². The Morgan fingerprint density at radius 2 is 2.04 bits per heavy atom. The lowest BCUT2D eigenvalue weighted by Crippen LogP contribution is -2.50. The molecule has 2 heterocycles. The third-order valence-corrected chi connectivity index (χ3v) is 5.21. The number of hydrogen-bond acceptors (Lipinski definition) is 4. The number of para-hydroxylation sites is 1. The Kier molecular flexibility index (Phi) is 4.09. The van der Waals surface area contributed by atoms with Gasteiger partial charge < -0.3 is 15.1 Å². The van der Waals surface area contributed by atoms with Crippen molar-refractivity contribution >= 4 is 28.8 Å². The molecule has 1 aliphatic rings. The molecule has 5 nitrogen and oxygen atoms in total. The van der Waals surface area contributed by atoms with Crippen LogP contribution in [-0.2, 0) is 4.79 Å². The number of hydrogen-bond donors (Lipinski definition) is 1. The highest BCUT2D eigenvalue weighted by molar-refractivity contribution is 7.10. The molecule has 120 valence electrons. The Bertz CT molecular complexity index is 756. The fourth-order valence-corrected chi connectivity index (χ4v) is 4.00. The molecule has 0 fully saturated rings. The molecular weight excluding hydrogens is 310 g/mol. The first kappa shape index (κ1) is 15.6. The highest BCUT2D eigenvalue weighted by atomic mass is 32.1. The van der Waals surface area contributed by atoms with Gasteiger partial charge in [0, 0.05) is 14.1 Å². The number of amides is 2. The fraction of sp³-hybridized carbons (Fsp3) is 0.294. The summed E-state index contributed by atoms with van der Waals surface area (Å²) in [6.07, 6.45) is -0.269. The number of nitrogens with one attached hydrogen (secondary N) is 1. The zero-order valence-electron chi connectivity index (χ0n) is 13.4. The van der Waals surface area contributed by atoms with Gasteiger partial charge in [-0.2, -0.15) is 0 Å². The molecule has 0 aliphatic carbocycles. The largest absolute Gasteiger partial charge is 0.358 e. The molecule has 2 amide bonds. The summed E-state index contributed by atoms with van der Waals surface area (Å²) in [4.78, 5) is 29.6. The van der Waals surface area contributed by atoms with Crippen LogP contribution in [0.5, 0.6) is 0 Å². The van der Waals surface area contributed by atoms with Crippen molar-refractivity contribution in [2.45, 2.75) is 13.1 Å². The van der Waals surface area contributed by atoms with Gasteiger partial charge in [0.25, 0.3) is 5.91 Å². The second-order valence-electron chi connectivity index (χ2n) is 5.58. The van der Waals surface area contributed by atoms with Crippen molar-refractivity contribution < 1.29 is 9.59 Å². The second kappa shape index (κ2) is 6.04. The quantitative estimate of drug-likeness (QED) is 0.941. The van der Waals surface area contributed by atoms with E-state index in [1.807, 2.05) is 47.5 Å². The predicted octanol–water partition coefficient (Wildman–Crippen LogP) is 2.39. The van der Waals surface area contributed by atoms with Crippen LogP contribution in [0.15, 0.2) is 35.7 Å². The number of carbonyl (C=O) groups is 2. The monoisotopic (exact) mass is 329 g/mol. The third kappa shape index (κ3) is 2.59. The van der Waals surface area contributed by atoms with Gasteiger partial charge in [-0.25, -0.2) is 0 Å². The number of aryl methyl sites for hydroxylation is 1. The van der Waals surface area contributed by atoms with Gasteiger partial charge in [0.1, 0.15) is 6.17 Å². The van der Waals surface area contributed by atoms with Crippen LogP contribution in [0.1, 0.15) is 27.0 Å². The number of anilines is 1. The van der Waals surface area contributed by atoms with E-state index in [9.17, 15) is 9.59 Å². The molecule has 1 aliphatic heterocycles. The summed E-state index contributed by atoms with van der Waals surface area (Å²) in [6, 6.07) is 9.49. The molecule has 0 bridgehead atoms. The van der Waals surface area contributed by atoms with Gasteiger partial charge in [0.15, 0.2) is 0 Å². The van der Waals surface area contributed by atoms with E-state index in [-0.39, 0.29) is 24.5 Å². The molecule has 2 aromatic rings. The van der Waals surface area contributed by atoms with Gasteiger partial charge in [-0.1, -0.05) is 12.1 Å². The van der Waals surface area contributed by atoms with Crippen LogP contribution in [0.4, 0.5) is 5.69 Å². The SMILES string of the molecule is CNC(=O)CN1c2ccccc2C(=O)N(C)C1c1sccc1C. The molecule has 1 atom stereocenters. The molecule has 1 aromatic carbocycles. The van der Waals surface area contributed by atoms with E-state index in [1.165, 1.54) is 0 Å². The Labute approximate surface area is 139 Å². The highest BCUT2D eigenvalue weighted by Crippen LogP contribution is 2.40. The zero-order valence-corrected chi connectivity index (χ0v) is 14.2. The molecule has 1 unspecified atom stereocenters. The summed E-state index contributed by atoms with van der Waals surface area (Å²) in [7, 11) is 3.41. The third-order valence-electron chi connectivity index (χ3n) is 4.16. The molecule has 3 rings (SSSR count). The number of fused-ring (bicyclic) bond motifs is 1. The Hall–Kier alpha value is -2.34. The highest BCUT2D eigenvalue weighted by Gasteiger charge is 2.38. The molecule has 0 saturated heterocycles. The second-order valence-corrected chi connectivity index (χ2v) is 6.52. The van der Waals surface area contributed by atoms with Crippen molar-refractivity contribution in [3.8, 4) is 0 Å². The molecule has 0 saturated carbocycles. The number of rotatable bonds is 3. The van der Waals surface area contributed by atoms with Crippen LogP contribution in [-0.4, -0.2) is 37.4 Å². The van der Waals surface area contributed by atoms with Gasteiger partial charge in [-0.05, 0) is 36.1 Å². The Morgan fingerprint density at radius 1 is 1.30 bits per heavy atom. The minimum absolute atomic E-state index is 0.0217. The van der Waals surface area contributed by atoms with E-state index < -0.39 is 0 Å². The van der Waals surface area contributed by atoms with Gasteiger partial charge in [0.05, 0.1) is 22.7 Å². The fourth-order valence-electron chi connectivity index (χ4n) is 2.92. The average molecular weight is 329 g/mol. The maximum Gasteiger partial charge on any atom is 0.257 e. The first-order valence-electron chi connectivity index (χ1n) is 7.42. The smallest absolute Gasteiger partial charge is 0.257 e. The first-order valence-corrected chi connectivity index (χ1v) is 8.30. The van der Waals surface area contributed by atoms with Crippen LogP contribution in [0.2, 0.25) is 0 Å². The summed E-state index contributed by atoms with van der Waals surface area (Å²) >= 11 is 1.61. The van der Waals surface area contributed by atoms with Crippen LogP contribution in [0.3, 0.4) is 0 Å². The van der Waals surface area contributed by atoms with E-state index in [2.05, 4.69) is 5.32 Å². The number of carbonyl (C=O) groups excluding carboxylic acids is 2. The summed E-state index contributed by atoms with van der Waals surface area (Å²) in [5, 5.41) is 4.68. The van der Waals surface area contributed by atoms with E-state index in [0.29, 0.717) is 5.56 Å². The maximum absolute atomic E-state index is 12.7. The van der Waals surface area contributed by atoms with Crippen molar-refractivity contribution in [3.63, 3.8) is 0 Å². The van der Waals surface area contributed by atoms with Crippen molar-refractivity contribution in [1.82, 2.24) is 10.2 Å². The molecular formula is C17H19N3O2S. The van der Waals surface area contributed by atoms with Gasteiger partial charge >= 0.3 is 0 Å². The van der Waals surface area contributed by atoms with Crippen LogP contribution >= 0.6 is 11.3 Å². The lowest BCUT2D eigenvalue weighted by molar-refractivity contribution is -0.119. The van der Waals surface area contributed by atoms with Crippen LogP contribution in [0.25, 0.3) is 0 Å². The number of likely N-dealkylation sites (N-methyl/N-ethyl adjacent to an activating group) is 1. The minimum Gasteiger partial charge on any atom is -0.358 e. The number of thiophene rings is 1. The number of benzene rings is 1. The topological polar surface area (TPSA) is 52.7 Å². The van der Waals surface area contributed by atoms with Crippen LogP contribution < -0.4 is 10.2 Å². The summed E-state index contributed by atoms with van der Waals surface area (Å²) in [5.74, 6) is -0.103. The van der Waals surface area contributed by atoms with E-state index in [0.717, 1.165) is 16.1 Å². The number of nitrogens with zero attached hydrogens (tertiary/aromatic N) is 2. The maximum atomic E-state index is 12.7. The Balaban J connectivity index is 2.14. The molecule has 1 N–H and O–H groups in total. The molecule has 1 aromatic heterocycles. The lowest BCUT2D eigenvalue weighted by atomic mass is 10.0. The summed E-state index contributed by atoms with van der Waals surface area (Å²) in [5.41, 5.74) is 2.56. The Morgan fingerprint density at radius 3 is 2.70 bits per heavy atom. The van der Waals surface area contributed by atoms with Crippen LogP contribution in [0, 0.1) is 6.92 Å². The normalized spacial score (nSPS) is 17.2. The molecule has 0 radical (unpaired) electrons. The van der Waals surface area contributed by atoms with Crippen molar-refractivity contribution in [2.75, 3.05) is 25.5 Å². The minimum atomic E-state index is -0.269. The van der Waals surface area contributed by atoms with E-state index >= 15 is 0 Å². The van der Waals surface area contributed by atoms with E-state index in [4.69, 9.17) is 0 Å². The lowest BCUT2D eigenvalue weighted by Gasteiger charge is -2.43. The molecule has 23 heavy (non-hydrogen) atoms. The van der Waals surface area contributed by atoms with Crippen molar-refractivity contribution in [2.24, 2.45) is 0 Å².